The van der Waals surface area contributed by atoms with E-state index < -0.39 is 119 Å². The summed E-state index contributed by atoms with van der Waals surface area (Å²) in [5.41, 5.74) is 0.537. The fourth-order valence-corrected chi connectivity index (χ4v) is 6.87. The van der Waals surface area contributed by atoms with Gasteiger partial charge in [-0.2, -0.15) is 0 Å². The molecule has 1 heterocycles. The van der Waals surface area contributed by atoms with Crippen LogP contribution in [0, 0.1) is 0 Å². The van der Waals surface area contributed by atoms with Gasteiger partial charge in [-0.3, -0.25) is 0 Å². The summed E-state index contributed by atoms with van der Waals surface area (Å²) < 4.78 is 165. The maximum Gasteiger partial charge on any atom is 0.136 e. The number of furan rings is 1. The van der Waals surface area contributed by atoms with E-state index in [0.29, 0.717) is 60.2 Å². The van der Waals surface area contributed by atoms with E-state index >= 15 is 0 Å². The summed E-state index contributed by atoms with van der Waals surface area (Å²) in [5, 5.41) is 3.26. The highest BCUT2D eigenvalue weighted by molar-refractivity contribution is 6.26. The van der Waals surface area contributed by atoms with Gasteiger partial charge in [0.1, 0.15) is 11.2 Å². The molecule has 0 spiro atoms. The second-order valence-corrected chi connectivity index (χ2v) is 11.8. The summed E-state index contributed by atoms with van der Waals surface area (Å²) in [7, 11) is 0. The third-order valence-electron chi connectivity index (χ3n) is 8.98. The first-order valence-electron chi connectivity index (χ1n) is 25.0. The predicted molar refractivity (Wildman–Crippen MR) is 216 cm³/mol. The number of fused-ring (bicyclic) bond motifs is 5. The molecule has 0 aliphatic heterocycles. The molecule has 9 aromatic carbocycles. The molecule has 238 valence electrons. The van der Waals surface area contributed by atoms with Crippen molar-refractivity contribution in [3.05, 3.63) is 194 Å². The SMILES string of the molecule is [2H]c1c([2H])c([2H])c(-c2ccc3oc4cccc(-c5c6ccccc6c(-c6c([2H])c(-c7c([2H])c([2H])c([2H])c([2H])c7[2H])c([2H])c(-c7c([2H])c([2H])c([2H])c([2H])c7[2H])c6[2H])c6ccccc56)c4c3c2)c([2H])c1[2H]. The predicted octanol–water partition coefficient (Wildman–Crippen LogP) is 14.2. The zero-order valence-corrected chi connectivity index (χ0v) is 26.5. The summed E-state index contributed by atoms with van der Waals surface area (Å²) >= 11 is 0. The number of benzene rings is 9. The quantitative estimate of drug-likeness (QED) is 0.167. The highest BCUT2D eigenvalue weighted by Gasteiger charge is 2.21. The lowest BCUT2D eigenvalue weighted by Gasteiger charge is -2.19. The van der Waals surface area contributed by atoms with Crippen LogP contribution in [0.4, 0.5) is 0 Å². The average Bonchev–Trinajstić information content (AvgIpc) is 3.73. The molecule has 0 N–H and O–H groups in total. The molecule has 0 amide bonds. The summed E-state index contributed by atoms with van der Waals surface area (Å²) in [6.07, 6.45) is 0. The molecule has 0 radical (unpaired) electrons. The van der Waals surface area contributed by atoms with Crippen LogP contribution in [0.1, 0.15) is 24.7 Å². The molecule has 1 nitrogen and oxygen atoms in total. The van der Waals surface area contributed by atoms with E-state index in [9.17, 15) is 4.11 Å². The van der Waals surface area contributed by atoms with Crippen molar-refractivity contribution in [3.63, 3.8) is 0 Å². The molecule has 51 heavy (non-hydrogen) atoms. The van der Waals surface area contributed by atoms with Gasteiger partial charge in [-0.15, -0.1) is 0 Å². The average molecular weight is 667 g/mol. The fourth-order valence-electron chi connectivity index (χ4n) is 6.87. The van der Waals surface area contributed by atoms with Crippen molar-refractivity contribution in [2.45, 2.75) is 0 Å². The van der Waals surface area contributed by atoms with Crippen LogP contribution in [-0.4, -0.2) is 0 Å². The molecule has 0 fully saturated rings. The lowest BCUT2D eigenvalue weighted by atomic mass is 9.83. The number of hydrogen-bond acceptors (Lipinski definition) is 1. The van der Waals surface area contributed by atoms with Gasteiger partial charge < -0.3 is 4.42 Å². The first-order valence-corrected chi connectivity index (χ1v) is 16.0. The number of hydrogen-bond donors (Lipinski definition) is 0. The summed E-state index contributed by atoms with van der Waals surface area (Å²) in [6.45, 7) is 0. The third kappa shape index (κ3) is 4.94. The summed E-state index contributed by atoms with van der Waals surface area (Å²) in [6, 6.07) is 13.1. The molecule has 0 bridgehead atoms. The molecule has 10 rings (SSSR count). The maximum absolute atomic E-state index is 9.93. The van der Waals surface area contributed by atoms with Gasteiger partial charge in [0.2, 0.25) is 0 Å². The van der Waals surface area contributed by atoms with Crippen LogP contribution < -0.4 is 0 Å². The van der Waals surface area contributed by atoms with Crippen LogP contribution in [-0.2, 0) is 0 Å². The Bertz CT molecular complexity index is 3710. The Hall–Kier alpha value is -6.70. The minimum Gasteiger partial charge on any atom is -0.456 e. The lowest BCUT2D eigenvalue weighted by molar-refractivity contribution is 0.669. The highest BCUT2D eigenvalue weighted by Crippen LogP contribution is 2.48. The molecule has 10 aromatic rings. The maximum atomic E-state index is 9.93. The molecular weight excluding hydrogens is 617 g/mol. The van der Waals surface area contributed by atoms with Crippen LogP contribution in [0.15, 0.2) is 198 Å². The molecule has 0 saturated carbocycles. The third-order valence-corrected chi connectivity index (χ3v) is 8.98. The van der Waals surface area contributed by atoms with Gasteiger partial charge in [-0.05, 0) is 114 Å². The van der Waals surface area contributed by atoms with Gasteiger partial charge >= 0.3 is 0 Å². The van der Waals surface area contributed by atoms with Crippen molar-refractivity contribution in [1.82, 2.24) is 0 Å². The first-order chi connectivity index (χ1) is 32.8. The van der Waals surface area contributed by atoms with E-state index in [1.807, 2.05) is 24.3 Å². The van der Waals surface area contributed by atoms with Gasteiger partial charge in [0, 0.05) is 10.8 Å². The van der Waals surface area contributed by atoms with Crippen LogP contribution in [0.2, 0.25) is 0 Å². The van der Waals surface area contributed by atoms with E-state index in [1.165, 1.54) is 0 Å². The Morgan fingerprint density at radius 2 is 0.843 bits per heavy atom. The molecule has 0 aliphatic carbocycles. The van der Waals surface area contributed by atoms with Gasteiger partial charge in [0.05, 0.1) is 24.7 Å². The second-order valence-electron chi connectivity index (χ2n) is 11.8. The largest absolute Gasteiger partial charge is 0.456 e. The molecule has 0 unspecified atom stereocenters. The van der Waals surface area contributed by atoms with E-state index in [-0.39, 0.29) is 28.8 Å². The highest BCUT2D eigenvalue weighted by atomic mass is 16.3. The van der Waals surface area contributed by atoms with E-state index in [4.69, 9.17) is 25.0 Å². The lowest BCUT2D eigenvalue weighted by Crippen LogP contribution is -1.92. The van der Waals surface area contributed by atoms with Crippen LogP contribution in [0.5, 0.6) is 0 Å². The molecule has 1 aromatic heterocycles. The Balaban J connectivity index is 1.36. The van der Waals surface area contributed by atoms with Crippen molar-refractivity contribution < 1.29 is 29.1 Å². The monoisotopic (exact) mass is 666 g/mol. The molecule has 0 aliphatic rings. The van der Waals surface area contributed by atoms with Crippen LogP contribution in [0.25, 0.3) is 99.1 Å². The Morgan fingerprint density at radius 3 is 1.39 bits per heavy atom. The van der Waals surface area contributed by atoms with E-state index in [1.54, 1.807) is 60.7 Å². The van der Waals surface area contributed by atoms with Gasteiger partial charge in [-0.1, -0.05) is 157 Å². The molecule has 0 atom stereocenters. The zero-order valence-electron chi connectivity index (χ0n) is 44.5. The first kappa shape index (κ1) is 16.3. The Morgan fingerprint density at radius 1 is 0.353 bits per heavy atom. The standard InChI is InChI=1S/C50H32O/c1-4-15-33(16-5-1)36-27-28-46-45(32-36)50-44(25-14-26-47(50)51-46)49-42-23-12-10-21-40(42)48(41-22-11-13-24-43(41)49)39-30-37(34-17-6-2-7-18-34)29-38(31-39)35-19-8-3-9-20-35/h1-32H/i1D,2D,3D,4D,5D,6D,7D,8D,9D,15D,16D,17D,18D,19D,20D,29D,30D,31D. The topological polar surface area (TPSA) is 13.1 Å². The van der Waals surface area contributed by atoms with Gasteiger partial charge in [0.15, 0.2) is 0 Å². The summed E-state index contributed by atoms with van der Waals surface area (Å²) in [4.78, 5) is 0. The fraction of sp³-hybridized carbons (Fsp3) is 0. The second kappa shape index (κ2) is 12.0. The van der Waals surface area contributed by atoms with Crippen molar-refractivity contribution in [1.29, 1.82) is 0 Å². The molecular formula is C50H32O. The zero-order chi connectivity index (χ0) is 49.4. The minimum absolute atomic E-state index is 0.0111. The van der Waals surface area contributed by atoms with E-state index in [0.717, 1.165) is 0 Å². The molecule has 0 saturated heterocycles. The minimum atomic E-state index is -0.757. The van der Waals surface area contributed by atoms with Crippen LogP contribution in [0.3, 0.4) is 0 Å². The van der Waals surface area contributed by atoms with Crippen molar-refractivity contribution in [2.75, 3.05) is 0 Å². The van der Waals surface area contributed by atoms with Crippen molar-refractivity contribution in [2.24, 2.45) is 0 Å². The smallest absolute Gasteiger partial charge is 0.136 e. The van der Waals surface area contributed by atoms with Crippen molar-refractivity contribution >= 4 is 43.5 Å². The Kier molecular flexibility index (Phi) is 3.85. The molecule has 1 heteroatoms. The van der Waals surface area contributed by atoms with Crippen molar-refractivity contribution in [3.8, 4) is 55.6 Å². The van der Waals surface area contributed by atoms with Gasteiger partial charge in [-0.25, -0.2) is 0 Å². The normalized spacial score (nSPS) is 16.5. The Labute approximate surface area is 322 Å². The summed E-state index contributed by atoms with van der Waals surface area (Å²) in [5.74, 6) is 0. The van der Waals surface area contributed by atoms with Gasteiger partial charge in [0.25, 0.3) is 0 Å². The number of rotatable bonds is 5. The van der Waals surface area contributed by atoms with E-state index in [2.05, 4.69) is 0 Å². The van der Waals surface area contributed by atoms with Crippen LogP contribution >= 0.6 is 0 Å².